The third kappa shape index (κ3) is 4.39. The van der Waals surface area contributed by atoms with Crippen LogP contribution in [-0.4, -0.2) is 47.4 Å². The molecule has 9 nitrogen and oxygen atoms in total. The lowest BCUT2D eigenvalue weighted by Crippen LogP contribution is -2.39. The van der Waals surface area contributed by atoms with E-state index in [0.717, 1.165) is 5.56 Å². The van der Waals surface area contributed by atoms with E-state index < -0.39 is 39.3 Å². The molecule has 3 rings (SSSR count). The predicted molar refractivity (Wildman–Crippen MR) is 110 cm³/mol. The minimum atomic E-state index is -3.88. The standard InChI is InChI=1S/C20H25N3O6S/c1-4-15-10-22(20(26)21-19(15)25)16-9-17(12-29-14(3)24)23(11-16)30(27,28)18-7-5-13(2)6-8-18/h5-8,10,16-17H,4,9,11-12H2,1-3H3,(H,21,25,26)/t16-,17-/m0/s1. The Morgan fingerprint density at radius 1 is 1.23 bits per heavy atom. The Morgan fingerprint density at radius 2 is 1.90 bits per heavy atom. The summed E-state index contributed by atoms with van der Waals surface area (Å²) in [5.41, 5.74) is 0.322. The van der Waals surface area contributed by atoms with Gasteiger partial charge in [0.25, 0.3) is 5.56 Å². The maximum atomic E-state index is 13.3. The number of nitrogens with zero attached hydrogens (tertiary/aromatic N) is 2. The number of rotatable bonds is 6. The van der Waals surface area contributed by atoms with Crippen molar-refractivity contribution in [3.63, 3.8) is 0 Å². The molecule has 30 heavy (non-hydrogen) atoms. The minimum Gasteiger partial charge on any atom is -0.464 e. The number of nitrogens with one attached hydrogen (secondary N) is 1. The van der Waals surface area contributed by atoms with Crippen LogP contribution in [0.4, 0.5) is 0 Å². The maximum Gasteiger partial charge on any atom is 0.328 e. The summed E-state index contributed by atoms with van der Waals surface area (Å²) in [5.74, 6) is -0.513. The van der Waals surface area contributed by atoms with E-state index in [9.17, 15) is 22.8 Å². The second kappa shape index (κ2) is 8.57. The first-order valence-corrected chi connectivity index (χ1v) is 11.1. The lowest BCUT2D eigenvalue weighted by molar-refractivity contribution is -0.142. The van der Waals surface area contributed by atoms with E-state index in [0.29, 0.717) is 12.0 Å². The van der Waals surface area contributed by atoms with Crippen LogP contribution in [0.1, 0.15) is 37.4 Å². The largest absolute Gasteiger partial charge is 0.464 e. The molecular weight excluding hydrogens is 410 g/mol. The Bertz CT molecular complexity index is 1150. The molecule has 1 aromatic carbocycles. The molecule has 0 unspecified atom stereocenters. The van der Waals surface area contributed by atoms with Gasteiger partial charge in [0.15, 0.2) is 0 Å². The van der Waals surface area contributed by atoms with Gasteiger partial charge in [-0.1, -0.05) is 24.6 Å². The van der Waals surface area contributed by atoms with E-state index in [1.165, 1.54) is 34.1 Å². The smallest absolute Gasteiger partial charge is 0.328 e. The molecule has 0 radical (unpaired) electrons. The van der Waals surface area contributed by atoms with Crippen LogP contribution in [0.25, 0.3) is 0 Å². The third-order valence-corrected chi connectivity index (χ3v) is 7.20. The maximum absolute atomic E-state index is 13.3. The van der Waals surface area contributed by atoms with E-state index in [-0.39, 0.29) is 24.5 Å². The molecule has 0 amide bonds. The number of aromatic amines is 1. The Kier molecular flexibility index (Phi) is 6.27. The van der Waals surface area contributed by atoms with Crippen molar-refractivity contribution >= 4 is 16.0 Å². The monoisotopic (exact) mass is 435 g/mol. The molecule has 0 bridgehead atoms. The molecule has 1 N–H and O–H groups in total. The highest BCUT2D eigenvalue weighted by Gasteiger charge is 2.42. The van der Waals surface area contributed by atoms with Crippen molar-refractivity contribution in [2.24, 2.45) is 0 Å². The highest BCUT2D eigenvalue weighted by molar-refractivity contribution is 7.89. The van der Waals surface area contributed by atoms with Crippen LogP contribution in [0.3, 0.4) is 0 Å². The Balaban J connectivity index is 1.99. The molecule has 1 aliphatic rings. The second-order valence-electron chi connectivity index (χ2n) is 7.41. The summed E-state index contributed by atoms with van der Waals surface area (Å²) in [5, 5.41) is 0. The van der Waals surface area contributed by atoms with E-state index in [4.69, 9.17) is 4.74 Å². The van der Waals surface area contributed by atoms with Crippen LogP contribution in [0, 0.1) is 6.92 Å². The average Bonchev–Trinajstić information content (AvgIpc) is 3.12. The van der Waals surface area contributed by atoms with Crippen LogP contribution >= 0.6 is 0 Å². The lowest BCUT2D eigenvalue weighted by Gasteiger charge is -2.23. The number of hydrogen-bond donors (Lipinski definition) is 1. The van der Waals surface area contributed by atoms with Crippen molar-refractivity contribution < 1.29 is 17.9 Å². The highest BCUT2D eigenvalue weighted by atomic mass is 32.2. The van der Waals surface area contributed by atoms with Gasteiger partial charge in [-0.05, 0) is 31.9 Å². The number of benzene rings is 1. The normalized spacial score (nSPS) is 19.7. The van der Waals surface area contributed by atoms with Crippen LogP contribution in [0.2, 0.25) is 0 Å². The molecule has 2 atom stereocenters. The number of carbonyl (C=O) groups is 1. The summed E-state index contributed by atoms with van der Waals surface area (Å²) in [7, 11) is -3.88. The zero-order valence-corrected chi connectivity index (χ0v) is 17.9. The summed E-state index contributed by atoms with van der Waals surface area (Å²) >= 11 is 0. The molecule has 162 valence electrons. The molecule has 1 fully saturated rings. The minimum absolute atomic E-state index is 0.0250. The van der Waals surface area contributed by atoms with Gasteiger partial charge in [-0.2, -0.15) is 4.31 Å². The summed E-state index contributed by atoms with van der Waals surface area (Å²) in [4.78, 5) is 38.0. The molecule has 0 spiro atoms. The quantitative estimate of drug-likeness (QED) is 0.676. The molecule has 10 heteroatoms. The molecule has 0 saturated carbocycles. The summed E-state index contributed by atoms with van der Waals surface area (Å²) in [6.07, 6.45) is 2.19. The Morgan fingerprint density at radius 3 is 2.50 bits per heavy atom. The van der Waals surface area contributed by atoms with E-state index >= 15 is 0 Å². The van der Waals surface area contributed by atoms with Crippen molar-refractivity contribution in [1.29, 1.82) is 0 Å². The highest BCUT2D eigenvalue weighted by Crippen LogP contribution is 2.32. The van der Waals surface area contributed by atoms with Crippen molar-refractivity contribution in [2.45, 2.75) is 50.6 Å². The van der Waals surface area contributed by atoms with E-state index in [1.807, 2.05) is 6.92 Å². The predicted octanol–water partition coefficient (Wildman–Crippen LogP) is 0.975. The fraction of sp³-hybridized carbons (Fsp3) is 0.450. The van der Waals surface area contributed by atoms with Crippen LogP contribution < -0.4 is 11.2 Å². The van der Waals surface area contributed by atoms with Crippen molar-refractivity contribution in [1.82, 2.24) is 13.9 Å². The van der Waals surface area contributed by atoms with Gasteiger partial charge in [0, 0.05) is 25.2 Å². The number of H-pyrrole nitrogens is 1. The van der Waals surface area contributed by atoms with Gasteiger partial charge in [-0.3, -0.25) is 19.1 Å². The molecule has 0 aliphatic carbocycles. The number of carbonyl (C=O) groups excluding carboxylic acids is 1. The fourth-order valence-corrected chi connectivity index (χ4v) is 5.28. The zero-order chi connectivity index (χ0) is 22.1. The molecule has 1 aromatic heterocycles. The zero-order valence-electron chi connectivity index (χ0n) is 17.1. The van der Waals surface area contributed by atoms with Gasteiger partial charge >= 0.3 is 11.7 Å². The molecule has 2 heterocycles. The van der Waals surface area contributed by atoms with Crippen molar-refractivity contribution in [2.75, 3.05) is 13.2 Å². The number of aryl methyl sites for hydroxylation is 2. The van der Waals surface area contributed by atoms with Gasteiger partial charge in [0.05, 0.1) is 17.0 Å². The molecular formula is C20H25N3O6S. The van der Waals surface area contributed by atoms with Crippen molar-refractivity contribution in [3.8, 4) is 0 Å². The number of sulfonamides is 1. The van der Waals surface area contributed by atoms with Gasteiger partial charge in [0.1, 0.15) is 6.61 Å². The average molecular weight is 436 g/mol. The molecule has 1 saturated heterocycles. The number of aromatic nitrogens is 2. The Hall–Kier alpha value is -2.72. The van der Waals surface area contributed by atoms with Crippen LogP contribution in [-0.2, 0) is 26.0 Å². The number of ether oxygens (including phenoxy) is 1. The second-order valence-corrected chi connectivity index (χ2v) is 9.30. The lowest BCUT2D eigenvalue weighted by atomic mass is 10.1. The van der Waals surface area contributed by atoms with E-state index in [1.54, 1.807) is 19.1 Å². The van der Waals surface area contributed by atoms with Crippen LogP contribution in [0.15, 0.2) is 44.9 Å². The van der Waals surface area contributed by atoms with Gasteiger partial charge in [-0.25, -0.2) is 13.2 Å². The van der Waals surface area contributed by atoms with Crippen molar-refractivity contribution in [3.05, 3.63) is 62.4 Å². The summed E-state index contributed by atoms with van der Waals surface area (Å²) in [6.45, 7) is 4.82. The third-order valence-electron chi connectivity index (χ3n) is 5.26. The first-order valence-electron chi connectivity index (χ1n) is 9.69. The summed E-state index contributed by atoms with van der Waals surface area (Å²) in [6, 6.07) is 5.35. The van der Waals surface area contributed by atoms with Gasteiger partial charge < -0.3 is 4.74 Å². The number of esters is 1. The first-order chi connectivity index (χ1) is 14.1. The van der Waals surface area contributed by atoms with Crippen LogP contribution in [0.5, 0.6) is 0 Å². The van der Waals surface area contributed by atoms with Gasteiger partial charge in [0.2, 0.25) is 10.0 Å². The fourth-order valence-electron chi connectivity index (χ4n) is 3.62. The SMILES string of the molecule is CCc1cn([C@H]2C[C@@H](COC(C)=O)N(S(=O)(=O)c3ccc(C)cc3)C2)c(=O)[nH]c1=O. The topological polar surface area (TPSA) is 119 Å². The number of hydrogen-bond acceptors (Lipinski definition) is 6. The molecule has 1 aliphatic heterocycles. The summed E-state index contributed by atoms with van der Waals surface area (Å²) < 4.78 is 34.3. The van der Waals surface area contributed by atoms with Gasteiger partial charge in [-0.15, -0.1) is 0 Å². The first kappa shape index (κ1) is 22.0. The van der Waals surface area contributed by atoms with E-state index in [2.05, 4.69) is 4.98 Å². The Labute approximate surface area is 174 Å². The molecule has 2 aromatic rings.